The van der Waals surface area contributed by atoms with Gasteiger partial charge in [-0.15, -0.1) is 0 Å². The van der Waals surface area contributed by atoms with E-state index in [1.807, 2.05) is 0 Å². The van der Waals surface area contributed by atoms with E-state index in [0.29, 0.717) is 0 Å². The van der Waals surface area contributed by atoms with Crippen molar-refractivity contribution >= 4 is 0 Å². The maximum Gasteiger partial charge on any atom is 0.189 e. The Kier molecular flexibility index (Phi) is 4.88. The molecular formula is C9H17FO5. The lowest BCUT2D eigenvalue weighted by Gasteiger charge is -2.40. The number of aliphatic hydroxyl groups is 1. The Balaban J connectivity index is 2.73. The summed E-state index contributed by atoms with van der Waals surface area (Å²) < 4.78 is 33.4. The summed E-state index contributed by atoms with van der Waals surface area (Å²) >= 11 is 0. The molecule has 1 saturated heterocycles. The smallest absolute Gasteiger partial charge is 0.189 e. The predicted octanol–water partition coefficient (Wildman–Crippen LogP) is -0.282. The molecule has 0 spiro atoms. The molecule has 0 aromatic heterocycles. The third kappa shape index (κ3) is 2.64. The third-order valence-electron chi connectivity index (χ3n) is 2.47. The van der Waals surface area contributed by atoms with E-state index in [9.17, 15) is 9.50 Å². The first-order valence-corrected chi connectivity index (χ1v) is 4.67. The van der Waals surface area contributed by atoms with Crippen LogP contribution in [-0.2, 0) is 18.9 Å². The maximum atomic E-state index is 13.5. The second-order valence-corrected chi connectivity index (χ2v) is 3.37. The first-order chi connectivity index (χ1) is 7.15. The van der Waals surface area contributed by atoms with E-state index in [1.54, 1.807) is 0 Å². The van der Waals surface area contributed by atoms with Crippen LogP contribution >= 0.6 is 0 Å². The molecule has 6 heteroatoms. The highest BCUT2D eigenvalue weighted by Gasteiger charge is 2.46. The molecule has 1 N–H and O–H groups in total. The first kappa shape index (κ1) is 12.8. The third-order valence-corrected chi connectivity index (χ3v) is 2.47. The zero-order valence-electron chi connectivity index (χ0n) is 9.05. The van der Waals surface area contributed by atoms with Gasteiger partial charge in [0.2, 0.25) is 0 Å². The van der Waals surface area contributed by atoms with Crippen molar-refractivity contribution in [1.29, 1.82) is 0 Å². The highest BCUT2D eigenvalue weighted by Crippen LogP contribution is 2.26. The van der Waals surface area contributed by atoms with Gasteiger partial charge in [0.25, 0.3) is 0 Å². The van der Waals surface area contributed by atoms with Gasteiger partial charge < -0.3 is 24.1 Å². The van der Waals surface area contributed by atoms with Crippen LogP contribution in [0.3, 0.4) is 0 Å². The molecule has 1 fully saturated rings. The van der Waals surface area contributed by atoms with Crippen LogP contribution in [0.5, 0.6) is 0 Å². The molecule has 5 nitrogen and oxygen atoms in total. The van der Waals surface area contributed by atoms with Crippen LogP contribution in [0, 0.1) is 0 Å². The number of hydrogen-bond acceptors (Lipinski definition) is 5. The van der Waals surface area contributed by atoms with Crippen molar-refractivity contribution in [3.05, 3.63) is 0 Å². The van der Waals surface area contributed by atoms with Crippen LogP contribution in [0.1, 0.15) is 0 Å². The summed E-state index contributed by atoms with van der Waals surface area (Å²) in [4.78, 5) is 0. The molecule has 90 valence electrons. The van der Waals surface area contributed by atoms with Gasteiger partial charge in [-0.3, -0.25) is 0 Å². The highest BCUT2D eigenvalue weighted by molar-refractivity contribution is 4.90. The van der Waals surface area contributed by atoms with E-state index in [0.717, 1.165) is 0 Å². The van der Waals surface area contributed by atoms with E-state index in [-0.39, 0.29) is 6.61 Å². The van der Waals surface area contributed by atoms with Crippen LogP contribution in [0.2, 0.25) is 0 Å². The van der Waals surface area contributed by atoms with Crippen LogP contribution < -0.4 is 0 Å². The van der Waals surface area contributed by atoms with Crippen LogP contribution in [0.15, 0.2) is 0 Å². The summed E-state index contributed by atoms with van der Waals surface area (Å²) in [7, 11) is 4.30. The molecule has 1 rings (SSSR count). The summed E-state index contributed by atoms with van der Waals surface area (Å²) in [6, 6.07) is 0. The molecular weight excluding hydrogens is 207 g/mol. The van der Waals surface area contributed by atoms with E-state index in [4.69, 9.17) is 18.9 Å². The Hall–Kier alpha value is -0.270. The van der Waals surface area contributed by atoms with Gasteiger partial charge in [-0.2, -0.15) is 0 Å². The van der Waals surface area contributed by atoms with Gasteiger partial charge in [0, 0.05) is 21.3 Å². The van der Waals surface area contributed by atoms with Gasteiger partial charge in [0.1, 0.15) is 18.3 Å². The second-order valence-electron chi connectivity index (χ2n) is 3.37. The fourth-order valence-corrected chi connectivity index (χ4v) is 1.74. The largest absolute Gasteiger partial charge is 0.382 e. The number of ether oxygens (including phenoxy) is 4. The lowest BCUT2D eigenvalue weighted by Crippen LogP contribution is -2.58. The summed E-state index contributed by atoms with van der Waals surface area (Å²) in [5.74, 6) is 0. The predicted molar refractivity (Wildman–Crippen MR) is 49.2 cm³/mol. The minimum absolute atomic E-state index is 0.210. The van der Waals surface area contributed by atoms with E-state index < -0.39 is 30.8 Å². The molecule has 0 saturated carbocycles. The lowest BCUT2D eigenvalue weighted by molar-refractivity contribution is -0.281. The SMILES string of the molecule is COC[C@H]1O[C@@H](O)[C@H](F)[C@@H](OC)[C@H]1OC. The molecule has 0 amide bonds. The normalized spacial score (nSPS) is 41.8. The summed E-state index contributed by atoms with van der Waals surface area (Å²) in [6.45, 7) is 0.210. The second kappa shape index (κ2) is 5.72. The van der Waals surface area contributed by atoms with Gasteiger partial charge in [-0.05, 0) is 0 Å². The van der Waals surface area contributed by atoms with Gasteiger partial charge >= 0.3 is 0 Å². The number of halogens is 1. The number of alkyl halides is 1. The quantitative estimate of drug-likeness (QED) is 0.711. The molecule has 15 heavy (non-hydrogen) atoms. The Morgan fingerprint density at radius 1 is 1.20 bits per heavy atom. The molecule has 1 aliphatic heterocycles. The summed E-state index contributed by atoms with van der Waals surface area (Å²) in [6.07, 6.45) is -5.09. The van der Waals surface area contributed by atoms with E-state index in [2.05, 4.69) is 0 Å². The Labute approximate surface area is 88.1 Å². The standard InChI is InChI=1S/C9H17FO5/c1-12-4-5-7(13-2)8(14-3)6(10)9(11)15-5/h5-9,11H,4H2,1-3H3/t5-,6-,7+,8-,9-/m1/s1. The minimum atomic E-state index is -1.62. The molecule has 0 aromatic carbocycles. The Morgan fingerprint density at radius 3 is 2.27 bits per heavy atom. The number of hydrogen-bond donors (Lipinski definition) is 1. The number of aliphatic hydroxyl groups excluding tert-OH is 1. The van der Waals surface area contributed by atoms with Crippen molar-refractivity contribution < 1.29 is 28.4 Å². The Bertz CT molecular complexity index is 191. The topological polar surface area (TPSA) is 57.2 Å². The fraction of sp³-hybridized carbons (Fsp3) is 1.00. The Morgan fingerprint density at radius 2 is 1.80 bits per heavy atom. The molecule has 0 aliphatic carbocycles. The van der Waals surface area contributed by atoms with Crippen LogP contribution in [0.25, 0.3) is 0 Å². The number of methoxy groups -OCH3 is 3. The molecule has 5 atom stereocenters. The average Bonchev–Trinajstić information content (AvgIpc) is 2.23. The molecule has 0 unspecified atom stereocenters. The monoisotopic (exact) mass is 224 g/mol. The van der Waals surface area contributed by atoms with Gasteiger partial charge in [0.05, 0.1) is 6.61 Å². The van der Waals surface area contributed by atoms with Gasteiger partial charge in [0.15, 0.2) is 12.5 Å². The van der Waals surface area contributed by atoms with Crippen LogP contribution in [0.4, 0.5) is 4.39 Å². The van der Waals surface area contributed by atoms with Gasteiger partial charge in [-0.25, -0.2) is 4.39 Å². The van der Waals surface area contributed by atoms with Crippen molar-refractivity contribution in [3.63, 3.8) is 0 Å². The van der Waals surface area contributed by atoms with Crippen molar-refractivity contribution in [2.24, 2.45) is 0 Å². The molecule has 1 heterocycles. The van der Waals surface area contributed by atoms with Crippen LogP contribution in [-0.4, -0.2) is 63.8 Å². The minimum Gasteiger partial charge on any atom is -0.382 e. The van der Waals surface area contributed by atoms with Crippen molar-refractivity contribution in [1.82, 2.24) is 0 Å². The first-order valence-electron chi connectivity index (χ1n) is 4.67. The zero-order valence-corrected chi connectivity index (χ0v) is 9.05. The fourth-order valence-electron chi connectivity index (χ4n) is 1.74. The van der Waals surface area contributed by atoms with E-state index in [1.165, 1.54) is 21.3 Å². The molecule has 0 radical (unpaired) electrons. The molecule has 1 aliphatic rings. The maximum absolute atomic E-state index is 13.5. The van der Waals surface area contributed by atoms with Crippen molar-refractivity contribution in [2.75, 3.05) is 27.9 Å². The van der Waals surface area contributed by atoms with E-state index >= 15 is 0 Å². The molecule has 0 aromatic rings. The lowest BCUT2D eigenvalue weighted by atomic mass is 10.00. The number of rotatable bonds is 4. The summed E-state index contributed by atoms with van der Waals surface area (Å²) in [5, 5.41) is 9.30. The highest BCUT2D eigenvalue weighted by atomic mass is 19.1. The zero-order chi connectivity index (χ0) is 11.4. The summed E-state index contributed by atoms with van der Waals surface area (Å²) in [5.41, 5.74) is 0. The van der Waals surface area contributed by atoms with Crippen molar-refractivity contribution in [3.8, 4) is 0 Å². The molecule has 0 bridgehead atoms. The van der Waals surface area contributed by atoms with Gasteiger partial charge in [-0.1, -0.05) is 0 Å². The van der Waals surface area contributed by atoms with Crippen molar-refractivity contribution in [2.45, 2.75) is 30.8 Å². The average molecular weight is 224 g/mol.